The van der Waals surface area contributed by atoms with Gasteiger partial charge in [-0.15, -0.1) is 0 Å². The lowest BCUT2D eigenvalue weighted by Crippen LogP contribution is -2.36. The van der Waals surface area contributed by atoms with Gasteiger partial charge in [-0.05, 0) is 17.7 Å². The molecule has 2 rings (SSSR count). The first-order chi connectivity index (χ1) is 8.66. The molecule has 0 radical (unpaired) electrons. The Labute approximate surface area is 109 Å². The van der Waals surface area contributed by atoms with Crippen LogP contribution in [0.15, 0.2) is 24.5 Å². The van der Waals surface area contributed by atoms with E-state index in [9.17, 15) is 9.59 Å². The minimum absolute atomic E-state index is 0.248. The molecule has 1 unspecified atom stereocenters. The highest BCUT2D eigenvalue weighted by atomic mass is 32.2. The van der Waals surface area contributed by atoms with Crippen molar-refractivity contribution >= 4 is 23.7 Å². The van der Waals surface area contributed by atoms with Crippen LogP contribution < -0.4 is 0 Å². The van der Waals surface area contributed by atoms with Gasteiger partial charge >= 0.3 is 11.9 Å². The van der Waals surface area contributed by atoms with Gasteiger partial charge in [0.15, 0.2) is 0 Å². The van der Waals surface area contributed by atoms with Crippen molar-refractivity contribution in [1.82, 2.24) is 4.98 Å². The van der Waals surface area contributed by atoms with Crippen molar-refractivity contribution in [3.63, 3.8) is 0 Å². The van der Waals surface area contributed by atoms with Gasteiger partial charge in [0.2, 0.25) is 0 Å². The maximum Gasteiger partial charge on any atom is 0.361 e. The third-order valence-electron chi connectivity index (χ3n) is 2.65. The minimum Gasteiger partial charge on any atom is -0.465 e. The van der Waals surface area contributed by atoms with Gasteiger partial charge in [0.05, 0.1) is 13.5 Å². The van der Waals surface area contributed by atoms with Crippen LogP contribution in [0.1, 0.15) is 18.4 Å². The molecule has 5 nitrogen and oxygen atoms in total. The number of ether oxygens (including phenoxy) is 2. The summed E-state index contributed by atoms with van der Waals surface area (Å²) in [6.07, 6.45) is 3.97. The van der Waals surface area contributed by atoms with E-state index in [1.54, 1.807) is 12.4 Å². The molecule has 1 aromatic rings. The summed E-state index contributed by atoms with van der Waals surface area (Å²) in [5.74, 6) is -0.305. The van der Waals surface area contributed by atoms with Crippen molar-refractivity contribution < 1.29 is 19.1 Å². The molecule has 1 aliphatic heterocycles. The van der Waals surface area contributed by atoms with Crippen LogP contribution >= 0.6 is 11.8 Å². The predicted molar refractivity (Wildman–Crippen MR) is 65.6 cm³/mol. The Balaban J connectivity index is 2.07. The zero-order valence-electron chi connectivity index (χ0n) is 9.92. The molecule has 1 saturated heterocycles. The highest BCUT2D eigenvalue weighted by Gasteiger charge is 2.49. The van der Waals surface area contributed by atoms with Crippen LogP contribution in [0, 0.1) is 0 Å². The van der Waals surface area contributed by atoms with Crippen molar-refractivity contribution in [2.45, 2.75) is 23.5 Å². The quantitative estimate of drug-likeness (QED) is 0.771. The molecule has 1 atom stereocenters. The number of pyridine rings is 1. The second-order valence-corrected chi connectivity index (χ2v) is 5.10. The van der Waals surface area contributed by atoms with Crippen molar-refractivity contribution in [2.24, 2.45) is 0 Å². The predicted octanol–water partition coefficient (Wildman–Crippen LogP) is 1.52. The van der Waals surface area contributed by atoms with Gasteiger partial charge in [0.1, 0.15) is 0 Å². The van der Waals surface area contributed by atoms with Gasteiger partial charge in [0, 0.05) is 24.6 Å². The van der Waals surface area contributed by atoms with E-state index in [1.165, 1.54) is 18.9 Å². The van der Waals surface area contributed by atoms with Crippen molar-refractivity contribution in [2.75, 3.05) is 7.11 Å². The summed E-state index contributed by atoms with van der Waals surface area (Å²) in [5.41, 5.74) is 1.02. The van der Waals surface area contributed by atoms with Crippen LogP contribution in [0.3, 0.4) is 0 Å². The highest BCUT2D eigenvalue weighted by Crippen LogP contribution is 2.40. The van der Waals surface area contributed by atoms with Crippen LogP contribution in [0.4, 0.5) is 0 Å². The largest absolute Gasteiger partial charge is 0.465 e. The van der Waals surface area contributed by atoms with Gasteiger partial charge in [0.25, 0.3) is 4.93 Å². The Morgan fingerprint density at radius 3 is 2.83 bits per heavy atom. The van der Waals surface area contributed by atoms with Crippen LogP contribution in [0.2, 0.25) is 0 Å². The van der Waals surface area contributed by atoms with Crippen LogP contribution in [-0.4, -0.2) is 29.0 Å². The molecule has 0 N–H and O–H groups in total. The van der Waals surface area contributed by atoms with Gasteiger partial charge in [-0.2, -0.15) is 0 Å². The van der Waals surface area contributed by atoms with Crippen molar-refractivity contribution in [1.29, 1.82) is 0 Å². The molecular weight excluding hydrogens is 254 g/mol. The Bertz CT molecular complexity index is 451. The van der Waals surface area contributed by atoms with Gasteiger partial charge < -0.3 is 9.47 Å². The molecule has 1 fully saturated rings. The molecule has 0 spiro atoms. The molecule has 2 heterocycles. The Morgan fingerprint density at radius 1 is 1.56 bits per heavy atom. The smallest absolute Gasteiger partial charge is 0.361 e. The molecule has 0 aliphatic carbocycles. The Morgan fingerprint density at radius 2 is 2.28 bits per heavy atom. The van der Waals surface area contributed by atoms with Crippen LogP contribution in [0.25, 0.3) is 0 Å². The minimum atomic E-state index is -1.19. The summed E-state index contributed by atoms with van der Waals surface area (Å²) in [4.78, 5) is 25.7. The molecule has 1 aromatic heterocycles. The number of rotatable bonds is 4. The van der Waals surface area contributed by atoms with Gasteiger partial charge in [-0.3, -0.25) is 9.78 Å². The molecule has 0 saturated carbocycles. The van der Waals surface area contributed by atoms with E-state index in [1.807, 2.05) is 12.1 Å². The fourth-order valence-corrected chi connectivity index (χ4v) is 2.88. The van der Waals surface area contributed by atoms with E-state index in [4.69, 9.17) is 9.47 Å². The number of methoxy groups -OCH3 is 1. The number of esters is 2. The van der Waals surface area contributed by atoms with E-state index in [0.717, 1.165) is 5.56 Å². The summed E-state index contributed by atoms with van der Waals surface area (Å²) < 4.78 is 9.88. The van der Waals surface area contributed by atoms with E-state index < -0.39 is 10.9 Å². The number of nitrogens with zero attached hydrogens (tertiary/aromatic N) is 1. The summed E-state index contributed by atoms with van der Waals surface area (Å²) in [5, 5.41) is 0. The second-order valence-electron chi connectivity index (χ2n) is 3.86. The third kappa shape index (κ3) is 2.64. The molecule has 6 heteroatoms. The lowest BCUT2D eigenvalue weighted by molar-refractivity contribution is -0.162. The standard InChI is InChI=1S/C12H13NO4S/c1-16-11(15)12(5-2-10(14)17-12)18-8-9-3-6-13-7-4-9/h3-4,6-7H,2,5,8H2,1H3. The van der Waals surface area contributed by atoms with Gasteiger partial charge in [-0.25, -0.2) is 4.79 Å². The highest BCUT2D eigenvalue weighted by molar-refractivity contribution is 8.00. The molecule has 0 bridgehead atoms. The number of aromatic nitrogens is 1. The number of carbonyl (C=O) groups is 2. The SMILES string of the molecule is COC(=O)C1(SCc2ccncc2)CCC(=O)O1. The molecular formula is C12H13NO4S. The van der Waals surface area contributed by atoms with E-state index in [-0.39, 0.29) is 12.4 Å². The maximum atomic E-state index is 11.8. The average molecular weight is 267 g/mol. The molecule has 0 amide bonds. The van der Waals surface area contributed by atoms with Crippen LogP contribution in [-0.2, 0) is 24.8 Å². The van der Waals surface area contributed by atoms with Crippen LogP contribution in [0.5, 0.6) is 0 Å². The summed E-state index contributed by atoms with van der Waals surface area (Å²) in [7, 11) is 1.29. The Hall–Kier alpha value is -1.56. The maximum absolute atomic E-state index is 11.8. The van der Waals surface area contributed by atoms with E-state index >= 15 is 0 Å². The fourth-order valence-electron chi connectivity index (χ4n) is 1.69. The molecule has 18 heavy (non-hydrogen) atoms. The first kappa shape index (κ1) is 12.9. The number of carbonyl (C=O) groups excluding carboxylic acids is 2. The monoisotopic (exact) mass is 267 g/mol. The van der Waals surface area contributed by atoms with E-state index in [0.29, 0.717) is 12.2 Å². The normalized spacial score (nSPS) is 22.6. The van der Waals surface area contributed by atoms with Crippen molar-refractivity contribution in [3.05, 3.63) is 30.1 Å². The van der Waals surface area contributed by atoms with Crippen molar-refractivity contribution in [3.8, 4) is 0 Å². The Kier molecular flexibility index (Phi) is 3.86. The summed E-state index contributed by atoms with van der Waals surface area (Å²) in [6, 6.07) is 3.71. The zero-order valence-corrected chi connectivity index (χ0v) is 10.7. The van der Waals surface area contributed by atoms with Gasteiger partial charge in [-0.1, -0.05) is 11.8 Å². The third-order valence-corrected chi connectivity index (χ3v) is 4.05. The fraction of sp³-hybridized carbons (Fsp3) is 0.417. The lowest BCUT2D eigenvalue weighted by Gasteiger charge is -2.23. The molecule has 96 valence electrons. The average Bonchev–Trinajstić information content (AvgIpc) is 2.80. The number of hydrogen-bond acceptors (Lipinski definition) is 6. The zero-order chi connectivity index (χ0) is 13.0. The first-order valence-electron chi connectivity index (χ1n) is 5.49. The molecule has 0 aromatic carbocycles. The summed E-state index contributed by atoms with van der Waals surface area (Å²) >= 11 is 1.28. The number of cyclic esters (lactones) is 1. The number of thioether (sulfide) groups is 1. The second kappa shape index (κ2) is 5.39. The topological polar surface area (TPSA) is 65.5 Å². The lowest BCUT2D eigenvalue weighted by atomic mass is 10.2. The molecule has 1 aliphatic rings. The summed E-state index contributed by atoms with van der Waals surface area (Å²) in [6.45, 7) is 0. The first-order valence-corrected chi connectivity index (χ1v) is 6.48. The van der Waals surface area contributed by atoms with E-state index in [2.05, 4.69) is 4.98 Å². The number of hydrogen-bond donors (Lipinski definition) is 0.